The Kier molecular flexibility index (Phi) is 11.2. The number of hydrogen-bond acceptors (Lipinski definition) is 13. The number of thiol groups is 6. The van der Waals surface area contributed by atoms with Crippen LogP contribution in [-0.4, -0.2) is 12.5 Å². The van der Waals surface area contributed by atoms with Gasteiger partial charge in [0.1, 0.15) is 0 Å². The molecule has 4 nitrogen and oxygen atoms in total. The highest BCUT2D eigenvalue weighted by Gasteiger charge is 2.11. The maximum atomic E-state index is 4.08. The van der Waals surface area contributed by atoms with Gasteiger partial charge in [0.2, 0.25) is 0 Å². The van der Waals surface area contributed by atoms with Crippen LogP contribution in [-0.2, 0) is 0 Å². The highest BCUT2D eigenvalue weighted by atomic mass is 32.3. The molecule has 0 aliphatic carbocycles. The van der Waals surface area contributed by atoms with Crippen molar-refractivity contribution in [2.24, 2.45) is 0 Å². The van der Waals surface area contributed by atoms with Gasteiger partial charge in [-0.05, 0) is 0 Å². The third-order valence-corrected chi connectivity index (χ3v) is 3.83. The maximum absolute atomic E-state index is 4.08. The lowest BCUT2D eigenvalue weighted by Gasteiger charge is -2.20. The first-order chi connectivity index (χ1) is 5.91. The van der Waals surface area contributed by atoms with E-state index in [2.05, 4.69) is 76.9 Å². The Balaban J connectivity index is 3.58. The normalized spacial score (nSPS) is 12.5. The predicted octanol–water partition coefficient (Wildman–Crippen LogP) is 2.95. The summed E-state index contributed by atoms with van der Waals surface area (Å²) in [6, 6.07) is 0. The fourth-order valence-corrected chi connectivity index (χ4v) is 5.26. The van der Waals surface area contributed by atoms with E-state index in [0.29, 0.717) is 0 Å². The molecule has 0 bridgehead atoms. The third kappa shape index (κ3) is 11.3. The highest BCUT2D eigenvalue weighted by Crippen LogP contribution is 2.38. The molecule has 0 radical (unpaired) electrons. The van der Waals surface area contributed by atoms with Gasteiger partial charge in [-0.25, -0.2) is 0 Å². The topological polar surface area (TPSA) is 13.0 Å². The second-order valence-electron chi connectivity index (χ2n) is 1.23. The lowest BCUT2D eigenvalue weighted by atomic mass is 13.8. The second kappa shape index (κ2) is 9.07. The van der Waals surface area contributed by atoms with E-state index in [9.17, 15) is 0 Å². The van der Waals surface area contributed by atoms with Crippen LogP contribution in [0.25, 0.3) is 0 Å². The number of rotatable bonds is 6. The number of hydrogen-bond donors (Lipinski definition) is 6. The van der Waals surface area contributed by atoms with Crippen LogP contribution in [0.2, 0.25) is 0 Å². The lowest BCUT2D eigenvalue weighted by Crippen LogP contribution is -2.04. The highest BCUT2D eigenvalue weighted by molar-refractivity contribution is 8.31. The van der Waals surface area contributed by atoms with Crippen molar-refractivity contribution < 1.29 is 0 Å². The third-order valence-electron chi connectivity index (χ3n) is 0.425. The van der Waals surface area contributed by atoms with Crippen molar-refractivity contribution in [3.05, 3.63) is 0 Å². The maximum Gasteiger partial charge on any atom is 0.0556 e. The van der Waals surface area contributed by atoms with Gasteiger partial charge < -0.3 is 0 Å². The zero-order valence-corrected chi connectivity index (χ0v) is 13.5. The molecule has 0 aliphatic rings. The van der Waals surface area contributed by atoms with Crippen LogP contribution in [0.15, 0.2) is 0 Å². The average molecular weight is 351 g/mol. The van der Waals surface area contributed by atoms with E-state index < -0.39 is 0 Å². The largest absolute Gasteiger partial charge is 0.128 e. The van der Waals surface area contributed by atoms with Crippen molar-refractivity contribution in [1.29, 1.82) is 0 Å². The molecule has 80 valence electrons. The Morgan fingerprint density at radius 2 is 0.846 bits per heavy atom. The Bertz CT molecular complexity index is 111. The average Bonchev–Trinajstić information content (AvgIpc) is 1.80. The Morgan fingerprint density at radius 3 is 1.08 bits per heavy atom. The van der Waals surface area contributed by atoms with E-state index in [4.69, 9.17) is 0 Å². The smallest absolute Gasteiger partial charge is 0.0556 e. The molecule has 0 spiro atoms. The van der Waals surface area contributed by atoms with E-state index in [-0.39, 0.29) is 0 Å². The first kappa shape index (κ1) is 16.0. The first-order valence-electron chi connectivity index (χ1n) is 2.30. The molecule has 0 unspecified atom stereocenters. The zero-order valence-electron chi connectivity index (χ0n) is 5.70. The molecule has 0 atom stereocenters. The zero-order chi connectivity index (χ0) is 10.4. The molecule has 0 saturated heterocycles. The molecular formula is H6N4S9. The molecule has 0 aromatic carbocycles. The van der Waals surface area contributed by atoms with E-state index in [1.165, 1.54) is 24.6 Å². The van der Waals surface area contributed by atoms with Gasteiger partial charge >= 0.3 is 0 Å². The summed E-state index contributed by atoms with van der Waals surface area (Å²) in [7, 11) is 0. The van der Waals surface area contributed by atoms with E-state index in [1.54, 1.807) is 0 Å². The molecule has 0 heterocycles. The minimum atomic E-state index is 1.16. The molecule has 0 saturated carbocycles. The van der Waals surface area contributed by atoms with Crippen LogP contribution in [0, 0.1) is 0 Å². The van der Waals surface area contributed by atoms with Crippen molar-refractivity contribution in [3.63, 3.8) is 0 Å². The standard InChI is InChI=1S/H6N4S9/c5-1(6)11-3(9)13-4(10)12-2(7)8/h5-10H. The van der Waals surface area contributed by atoms with Crippen molar-refractivity contribution in [3.8, 4) is 0 Å². The van der Waals surface area contributed by atoms with Gasteiger partial charge in [-0.15, -0.1) is 12.5 Å². The van der Waals surface area contributed by atoms with Gasteiger partial charge in [0.25, 0.3) is 0 Å². The van der Waals surface area contributed by atoms with Crippen LogP contribution in [0.4, 0.5) is 0 Å². The monoisotopic (exact) mass is 350 g/mol. The summed E-state index contributed by atoms with van der Waals surface area (Å²) in [5.74, 6) is 0. The molecular weight excluding hydrogens is 345 g/mol. The SMILES string of the molecule is SN(S)SN(S)SN(S)SN(S)S. The van der Waals surface area contributed by atoms with Gasteiger partial charge in [-0.3, -0.25) is 0 Å². The van der Waals surface area contributed by atoms with Crippen LogP contribution in [0.3, 0.4) is 0 Å². The summed E-state index contributed by atoms with van der Waals surface area (Å²) in [5, 5.41) is 0. The van der Waals surface area contributed by atoms with Crippen molar-refractivity contribution in [2.75, 3.05) is 0 Å². The summed E-state index contributed by atoms with van der Waals surface area (Å²) < 4.78 is 5.58. The first-order valence-corrected chi connectivity index (χ1v) is 6.89. The summed E-state index contributed by atoms with van der Waals surface area (Å²) in [5.41, 5.74) is 0. The molecule has 0 aromatic rings. The molecule has 13 heavy (non-hydrogen) atoms. The minimum Gasteiger partial charge on any atom is -0.128 e. The van der Waals surface area contributed by atoms with Gasteiger partial charge in [0.15, 0.2) is 0 Å². The molecule has 0 amide bonds. The molecule has 0 aromatic heterocycles. The van der Waals surface area contributed by atoms with Crippen molar-refractivity contribution in [2.45, 2.75) is 0 Å². The second-order valence-corrected chi connectivity index (χ2v) is 9.57. The fraction of sp³-hybridized carbons (Fsp3) is 0. The van der Waals surface area contributed by atoms with Crippen molar-refractivity contribution >= 4 is 113 Å². The lowest BCUT2D eigenvalue weighted by molar-refractivity contribution is 1.13. The number of nitrogens with zero attached hydrogens (tertiary/aromatic N) is 4. The summed E-state index contributed by atoms with van der Waals surface area (Å²) in [6.45, 7) is 0. The summed E-state index contributed by atoms with van der Waals surface area (Å²) in [6.07, 6.45) is 0. The van der Waals surface area contributed by atoms with E-state index in [1.807, 2.05) is 0 Å². The molecule has 0 rings (SSSR count). The van der Waals surface area contributed by atoms with Gasteiger partial charge in [0.05, 0.1) is 36.4 Å². The molecule has 0 fully saturated rings. The Labute approximate surface area is 124 Å². The van der Waals surface area contributed by atoms with E-state index in [0.717, 1.165) is 24.3 Å². The van der Waals surface area contributed by atoms with Crippen LogP contribution >= 0.6 is 113 Å². The van der Waals surface area contributed by atoms with E-state index >= 15 is 0 Å². The summed E-state index contributed by atoms with van der Waals surface area (Å²) in [4.78, 5) is 0. The van der Waals surface area contributed by atoms with Gasteiger partial charge in [-0.2, -0.15) is 0 Å². The predicted molar refractivity (Wildman–Crippen MR) is 84.0 cm³/mol. The molecule has 0 N–H and O–H groups in total. The Morgan fingerprint density at radius 1 is 0.538 bits per heavy atom. The van der Waals surface area contributed by atoms with Crippen molar-refractivity contribution in [1.82, 2.24) is 12.5 Å². The Hall–Kier alpha value is 2.99. The van der Waals surface area contributed by atoms with Gasteiger partial charge in [-0.1, -0.05) is 76.9 Å². The molecule has 0 aliphatic heterocycles. The molecule has 13 heteroatoms. The minimum absolute atomic E-state index is 1.16. The van der Waals surface area contributed by atoms with Crippen LogP contribution < -0.4 is 0 Å². The van der Waals surface area contributed by atoms with Crippen LogP contribution in [0.1, 0.15) is 0 Å². The summed E-state index contributed by atoms with van der Waals surface area (Å²) >= 11 is 27.3. The quantitative estimate of drug-likeness (QED) is 0.321. The van der Waals surface area contributed by atoms with Crippen LogP contribution in [0.5, 0.6) is 0 Å². The van der Waals surface area contributed by atoms with Gasteiger partial charge in [0, 0.05) is 0 Å². The fourth-order valence-electron chi connectivity index (χ4n) is 0.215.